The van der Waals surface area contributed by atoms with Crippen LogP contribution in [0.4, 0.5) is 13.2 Å². The minimum atomic E-state index is -3.16. The van der Waals surface area contributed by atoms with E-state index in [-0.39, 0.29) is 12.4 Å². The lowest BCUT2D eigenvalue weighted by Gasteiger charge is -2.20. The van der Waals surface area contributed by atoms with E-state index in [2.05, 4.69) is 0 Å². The molecule has 4 nitrogen and oxygen atoms in total. The summed E-state index contributed by atoms with van der Waals surface area (Å²) < 4.78 is 47.1. The number of rotatable bonds is 8. The van der Waals surface area contributed by atoms with Crippen molar-refractivity contribution in [2.45, 2.75) is 93.0 Å². The second-order valence-electron chi connectivity index (χ2n) is 4.82. The Morgan fingerprint density at radius 3 is 1.74 bits per heavy atom. The number of halogens is 3. The van der Waals surface area contributed by atoms with Crippen LogP contribution in [0.1, 0.15) is 68.7 Å². The van der Waals surface area contributed by atoms with Gasteiger partial charge in [0.2, 0.25) is 0 Å². The van der Waals surface area contributed by atoms with E-state index >= 15 is 0 Å². The van der Waals surface area contributed by atoms with Gasteiger partial charge in [0.25, 0.3) is 5.92 Å². The number of aliphatic hydroxyl groups is 2. The largest absolute Gasteiger partial charge is 0.499 e. The molecule has 0 saturated carbocycles. The first-order valence-corrected chi connectivity index (χ1v) is 9.47. The van der Waals surface area contributed by atoms with Gasteiger partial charge in [-0.3, -0.25) is 0 Å². The number of methoxy groups -OCH3 is 1. The molecule has 0 aromatic rings. The third kappa shape index (κ3) is 17.9. The predicted octanol–water partition coefficient (Wildman–Crippen LogP) is 5.64. The van der Waals surface area contributed by atoms with Crippen molar-refractivity contribution in [2.24, 2.45) is 0 Å². The lowest BCUT2D eigenvalue weighted by molar-refractivity contribution is -0.0952. The summed E-state index contributed by atoms with van der Waals surface area (Å²) in [7, 11) is 1.42. The van der Waals surface area contributed by atoms with Gasteiger partial charge < -0.3 is 19.7 Å². The zero-order chi connectivity index (χ0) is 22.6. The maximum atomic E-state index is 12.5. The van der Waals surface area contributed by atoms with Crippen LogP contribution in [0, 0.1) is 0 Å². The molecule has 3 atom stereocenters. The van der Waals surface area contributed by atoms with Crippen LogP contribution in [0.5, 0.6) is 0 Å². The summed E-state index contributed by atoms with van der Waals surface area (Å²) in [6.45, 7) is 15.3. The van der Waals surface area contributed by atoms with Gasteiger partial charge in [-0.05, 0) is 39.3 Å². The topological polar surface area (TPSA) is 58.9 Å². The summed E-state index contributed by atoms with van der Waals surface area (Å²) >= 11 is 0. The Morgan fingerprint density at radius 2 is 1.52 bits per heavy atom. The number of alkyl halides is 3. The fourth-order valence-electron chi connectivity index (χ4n) is 1.49. The summed E-state index contributed by atoms with van der Waals surface area (Å²) in [5.74, 6) is -2.93. The van der Waals surface area contributed by atoms with Crippen LogP contribution >= 0.6 is 0 Å². The molecular formula is C20H41F3O4. The normalized spacial score (nSPS) is 14.8. The predicted molar refractivity (Wildman–Crippen MR) is 107 cm³/mol. The molecule has 166 valence electrons. The molecule has 0 aromatic carbocycles. The summed E-state index contributed by atoms with van der Waals surface area (Å²) in [6.07, 6.45) is -0.519. The Bertz CT molecular complexity index is 365. The number of hydrogen-bond donors (Lipinski definition) is 2. The van der Waals surface area contributed by atoms with Crippen LogP contribution < -0.4 is 0 Å². The standard InChI is InChI=1S/C8H14F2O2.C8H15FO2.2C2H6/c1-4-6(12-5-2)7(11)8(3,9)10;1-4-5-7(11-3)8(10)6(2)9;2*1-2/h4,7,11H,5H2,1-3H3;5-6,8,10H,4H2,1-3H3;2*1-2H3/b6-4-;7-5-;;. The Labute approximate surface area is 164 Å². The van der Waals surface area contributed by atoms with Crippen molar-refractivity contribution < 1.29 is 32.9 Å². The molecule has 7 heteroatoms. The molecule has 0 aliphatic heterocycles. The van der Waals surface area contributed by atoms with Gasteiger partial charge in [0, 0.05) is 6.92 Å². The number of ether oxygens (including phenoxy) is 2. The maximum absolute atomic E-state index is 12.5. The highest BCUT2D eigenvalue weighted by Gasteiger charge is 2.35. The first kappa shape index (κ1) is 33.4. The van der Waals surface area contributed by atoms with E-state index in [0.29, 0.717) is 12.7 Å². The first-order chi connectivity index (χ1) is 12.6. The SMILES string of the molecule is C/C=C(\OCC)C(O)C(C)(F)F.CC.CC.CC/C=C(\OC)C(O)C(C)F. The van der Waals surface area contributed by atoms with Gasteiger partial charge in [-0.15, -0.1) is 0 Å². The maximum Gasteiger partial charge on any atom is 0.277 e. The number of aliphatic hydroxyl groups excluding tert-OH is 2. The molecule has 0 saturated heterocycles. The lowest BCUT2D eigenvalue weighted by atomic mass is 10.2. The van der Waals surface area contributed by atoms with Gasteiger partial charge in [0.1, 0.15) is 23.8 Å². The van der Waals surface area contributed by atoms with Crippen LogP contribution in [-0.4, -0.2) is 48.2 Å². The van der Waals surface area contributed by atoms with Gasteiger partial charge in [-0.1, -0.05) is 34.6 Å². The van der Waals surface area contributed by atoms with Crippen molar-refractivity contribution in [1.82, 2.24) is 0 Å². The fraction of sp³-hybridized carbons (Fsp3) is 0.800. The lowest BCUT2D eigenvalue weighted by Crippen LogP contribution is -2.32. The van der Waals surface area contributed by atoms with E-state index in [9.17, 15) is 13.2 Å². The monoisotopic (exact) mass is 402 g/mol. The average Bonchev–Trinajstić information content (AvgIpc) is 2.66. The van der Waals surface area contributed by atoms with Gasteiger partial charge in [0.05, 0.1) is 13.7 Å². The molecular weight excluding hydrogens is 361 g/mol. The van der Waals surface area contributed by atoms with Crippen molar-refractivity contribution >= 4 is 0 Å². The van der Waals surface area contributed by atoms with Crippen LogP contribution in [0.15, 0.2) is 23.7 Å². The second kappa shape index (κ2) is 21.1. The molecule has 0 aliphatic carbocycles. The van der Waals surface area contributed by atoms with E-state index in [1.807, 2.05) is 34.6 Å². The molecule has 27 heavy (non-hydrogen) atoms. The van der Waals surface area contributed by atoms with E-state index in [1.54, 1.807) is 19.9 Å². The minimum Gasteiger partial charge on any atom is -0.499 e. The van der Waals surface area contributed by atoms with Gasteiger partial charge in [-0.25, -0.2) is 13.2 Å². The number of hydrogen-bond acceptors (Lipinski definition) is 4. The zero-order valence-electron chi connectivity index (χ0n) is 18.6. The summed E-state index contributed by atoms with van der Waals surface area (Å²) in [5, 5.41) is 18.2. The Morgan fingerprint density at radius 1 is 1.07 bits per heavy atom. The van der Waals surface area contributed by atoms with Crippen LogP contribution in [-0.2, 0) is 9.47 Å². The Kier molecular flexibility index (Phi) is 26.1. The molecule has 0 amide bonds. The molecule has 2 N–H and O–H groups in total. The van der Waals surface area contributed by atoms with E-state index in [1.165, 1.54) is 20.1 Å². The highest BCUT2D eigenvalue weighted by atomic mass is 19.3. The van der Waals surface area contributed by atoms with Crippen molar-refractivity contribution in [2.75, 3.05) is 13.7 Å². The molecule has 0 fully saturated rings. The summed E-state index contributed by atoms with van der Waals surface area (Å²) in [5.41, 5.74) is 0. The molecule has 0 radical (unpaired) electrons. The van der Waals surface area contributed by atoms with Gasteiger partial charge >= 0.3 is 0 Å². The van der Waals surface area contributed by atoms with Crippen LogP contribution in [0.3, 0.4) is 0 Å². The third-order valence-corrected chi connectivity index (χ3v) is 2.71. The zero-order valence-corrected chi connectivity index (χ0v) is 18.6. The molecule has 0 aliphatic rings. The minimum absolute atomic E-state index is 0.0787. The van der Waals surface area contributed by atoms with Crippen molar-refractivity contribution in [3.05, 3.63) is 23.7 Å². The summed E-state index contributed by atoms with van der Waals surface area (Å²) in [4.78, 5) is 0. The summed E-state index contributed by atoms with van der Waals surface area (Å²) in [6, 6.07) is 0. The molecule has 0 rings (SSSR count). The van der Waals surface area contributed by atoms with E-state index in [0.717, 1.165) is 6.42 Å². The molecule has 0 bridgehead atoms. The first-order valence-electron chi connectivity index (χ1n) is 9.47. The number of allylic oxidation sites excluding steroid dienone is 2. The van der Waals surface area contributed by atoms with Crippen LogP contribution in [0.25, 0.3) is 0 Å². The molecule has 0 spiro atoms. The molecule has 3 unspecified atom stereocenters. The van der Waals surface area contributed by atoms with Crippen molar-refractivity contribution in [3.8, 4) is 0 Å². The van der Waals surface area contributed by atoms with Crippen LogP contribution in [0.2, 0.25) is 0 Å². The van der Waals surface area contributed by atoms with E-state index < -0.39 is 24.3 Å². The van der Waals surface area contributed by atoms with Crippen molar-refractivity contribution in [1.29, 1.82) is 0 Å². The van der Waals surface area contributed by atoms with E-state index in [4.69, 9.17) is 19.7 Å². The fourth-order valence-corrected chi connectivity index (χ4v) is 1.49. The third-order valence-electron chi connectivity index (χ3n) is 2.71. The van der Waals surface area contributed by atoms with Gasteiger partial charge in [0.15, 0.2) is 6.10 Å². The molecule has 0 aromatic heterocycles. The van der Waals surface area contributed by atoms with Crippen molar-refractivity contribution in [3.63, 3.8) is 0 Å². The highest BCUT2D eigenvalue weighted by molar-refractivity contribution is 5.02. The smallest absolute Gasteiger partial charge is 0.277 e. The highest BCUT2D eigenvalue weighted by Crippen LogP contribution is 2.23. The average molecular weight is 403 g/mol. The second-order valence-corrected chi connectivity index (χ2v) is 4.82. The Hall–Kier alpha value is -1.21. The quantitative estimate of drug-likeness (QED) is 0.516. The Balaban J connectivity index is -0.000000165. The van der Waals surface area contributed by atoms with Gasteiger partial charge in [-0.2, -0.15) is 0 Å². The molecule has 0 heterocycles.